The second-order valence-corrected chi connectivity index (χ2v) is 7.16. The number of hydrogen-bond donors (Lipinski definition) is 2. The molecule has 2 heterocycles. The van der Waals surface area contributed by atoms with E-state index in [-0.39, 0.29) is 5.91 Å². The molecule has 0 saturated carbocycles. The number of aromatic nitrogens is 2. The Morgan fingerprint density at radius 3 is 2.04 bits per heavy atom. The second-order valence-electron chi connectivity index (χ2n) is 7.16. The molecule has 3 aromatic rings. The Kier molecular flexibility index (Phi) is 5.80. The Morgan fingerprint density at radius 1 is 0.857 bits per heavy atom. The van der Waals surface area contributed by atoms with E-state index in [2.05, 4.69) is 67.8 Å². The summed E-state index contributed by atoms with van der Waals surface area (Å²) in [6, 6.07) is 20.4. The highest BCUT2D eigenvalue weighted by molar-refractivity contribution is 6.02. The Labute approximate surface area is 165 Å². The molecule has 0 bridgehead atoms. The second kappa shape index (κ2) is 8.82. The van der Waals surface area contributed by atoms with Crippen LogP contribution in [0.5, 0.6) is 0 Å². The van der Waals surface area contributed by atoms with Crippen LogP contribution in [0.1, 0.15) is 21.6 Å². The van der Waals surface area contributed by atoms with Gasteiger partial charge in [-0.1, -0.05) is 42.5 Å². The molecule has 1 aliphatic rings. The Morgan fingerprint density at radius 2 is 1.46 bits per heavy atom. The first-order chi connectivity index (χ1) is 13.8. The maximum atomic E-state index is 12.0. The van der Waals surface area contributed by atoms with Crippen molar-refractivity contribution < 1.29 is 4.79 Å². The number of anilines is 1. The number of H-pyrrole nitrogens is 1. The van der Waals surface area contributed by atoms with Gasteiger partial charge in [-0.15, -0.1) is 0 Å². The van der Waals surface area contributed by atoms with Crippen molar-refractivity contribution in [3.63, 3.8) is 0 Å². The van der Waals surface area contributed by atoms with Crippen LogP contribution >= 0.6 is 0 Å². The molecular formula is C22H25N5O. The lowest BCUT2D eigenvalue weighted by atomic mass is 10.1. The molecule has 2 aromatic carbocycles. The molecule has 0 atom stereocenters. The number of carbonyl (C=O) groups excluding carboxylic acids is 1. The van der Waals surface area contributed by atoms with Gasteiger partial charge in [0.15, 0.2) is 0 Å². The summed E-state index contributed by atoms with van der Waals surface area (Å²) < 4.78 is 0. The zero-order chi connectivity index (χ0) is 19.2. The number of rotatable bonds is 6. The van der Waals surface area contributed by atoms with E-state index in [4.69, 9.17) is 0 Å². The third-order valence-corrected chi connectivity index (χ3v) is 5.08. The predicted molar refractivity (Wildman–Crippen MR) is 110 cm³/mol. The van der Waals surface area contributed by atoms with Gasteiger partial charge in [-0.3, -0.25) is 19.7 Å². The summed E-state index contributed by atoms with van der Waals surface area (Å²) in [6.45, 7) is 6.30. The van der Waals surface area contributed by atoms with Crippen molar-refractivity contribution in [2.45, 2.75) is 13.1 Å². The van der Waals surface area contributed by atoms with Crippen molar-refractivity contribution in [2.24, 2.45) is 0 Å². The first-order valence-electron chi connectivity index (χ1n) is 9.64. The monoisotopic (exact) mass is 375 g/mol. The molecule has 0 spiro atoms. The van der Waals surface area contributed by atoms with Crippen molar-refractivity contribution in [3.8, 4) is 0 Å². The predicted octanol–water partition coefficient (Wildman–Crippen LogP) is 2.98. The number of nitrogens with one attached hydrogen (secondary N) is 2. The fraction of sp³-hybridized carbons (Fsp3) is 0.273. The summed E-state index contributed by atoms with van der Waals surface area (Å²) in [6.07, 6.45) is 1.57. The molecule has 0 unspecified atom stereocenters. The first-order valence-corrected chi connectivity index (χ1v) is 9.64. The number of piperazine rings is 1. The van der Waals surface area contributed by atoms with Crippen LogP contribution in [0.3, 0.4) is 0 Å². The van der Waals surface area contributed by atoms with Gasteiger partial charge in [0.25, 0.3) is 5.91 Å². The fourth-order valence-electron chi connectivity index (χ4n) is 3.48. The van der Waals surface area contributed by atoms with Gasteiger partial charge >= 0.3 is 0 Å². The summed E-state index contributed by atoms with van der Waals surface area (Å²) in [5.41, 5.74) is 3.88. The number of carbonyl (C=O) groups is 1. The third-order valence-electron chi connectivity index (χ3n) is 5.08. The molecule has 6 nitrogen and oxygen atoms in total. The van der Waals surface area contributed by atoms with Crippen molar-refractivity contribution in [1.82, 2.24) is 20.0 Å². The third kappa shape index (κ3) is 4.85. The van der Waals surface area contributed by atoms with Gasteiger partial charge in [-0.2, -0.15) is 5.10 Å². The van der Waals surface area contributed by atoms with E-state index < -0.39 is 0 Å². The standard InChI is InChI=1S/C22H25N5O/c28-22(21-10-11-23-25-21)24-20-8-6-19(7-9-20)17-27-14-12-26(13-15-27)16-18-4-2-1-3-5-18/h1-11H,12-17H2,(H,23,25)(H,24,28). The zero-order valence-electron chi connectivity index (χ0n) is 15.8. The SMILES string of the molecule is O=C(Nc1ccc(CN2CCN(Cc3ccccc3)CC2)cc1)c1ccn[nH]1. The minimum atomic E-state index is -0.181. The summed E-state index contributed by atoms with van der Waals surface area (Å²) in [4.78, 5) is 17.0. The van der Waals surface area contributed by atoms with Crippen LogP contribution in [-0.4, -0.2) is 52.1 Å². The van der Waals surface area contributed by atoms with E-state index in [9.17, 15) is 4.79 Å². The summed E-state index contributed by atoms with van der Waals surface area (Å²) >= 11 is 0. The lowest BCUT2D eigenvalue weighted by molar-refractivity contribution is 0.102. The molecule has 2 N–H and O–H groups in total. The van der Waals surface area contributed by atoms with Crippen LogP contribution in [0.15, 0.2) is 66.9 Å². The van der Waals surface area contributed by atoms with Crippen molar-refractivity contribution >= 4 is 11.6 Å². The number of benzene rings is 2. The van der Waals surface area contributed by atoms with E-state index in [1.165, 1.54) is 11.1 Å². The number of amides is 1. The number of hydrogen-bond acceptors (Lipinski definition) is 4. The lowest BCUT2D eigenvalue weighted by Gasteiger charge is -2.34. The van der Waals surface area contributed by atoms with E-state index in [1.54, 1.807) is 12.3 Å². The van der Waals surface area contributed by atoms with Gasteiger partial charge in [0.2, 0.25) is 0 Å². The molecule has 4 rings (SSSR count). The van der Waals surface area contributed by atoms with Crippen molar-refractivity contribution in [1.29, 1.82) is 0 Å². The first kappa shape index (κ1) is 18.4. The average Bonchev–Trinajstić information content (AvgIpc) is 3.27. The Balaban J connectivity index is 1.24. The topological polar surface area (TPSA) is 64.3 Å². The number of aromatic amines is 1. The van der Waals surface area contributed by atoms with Crippen molar-refractivity contribution in [3.05, 3.63) is 83.7 Å². The molecule has 1 aliphatic heterocycles. The van der Waals surface area contributed by atoms with Crippen LogP contribution in [-0.2, 0) is 13.1 Å². The molecule has 6 heteroatoms. The smallest absolute Gasteiger partial charge is 0.273 e. The fourth-order valence-corrected chi connectivity index (χ4v) is 3.48. The normalized spacial score (nSPS) is 15.4. The van der Waals surface area contributed by atoms with E-state index in [0.717, 1.165) is 45.0 Å². The largest absolute Gasteiger partial charge is 0.321 e. The molecule has 0 aliphatic carbocycles. The molecule has 0 radical (unpaired) electrons. The molecule has 28 heavy (non-hydrogen) atoms. The van der Waals surface area contributed by atoms with Crippen LogP contribution in [0.4, 0.5) is 5.69 Å². The van der Waals surface area contributed by atoms with Gasteiger partial charge in [0.05, 0.1) is 0 Å². The molecule has 1 aromatic heterocycles. The Hall–Kier alpha value is -2.96. The highest BCUT2D eigenvalue weighted by atomic mass is 16.1. The summed E-state index contributed by atoms with van der Waals surface area (Å²) in [5.74, 6) is -0.181. The summed E-state index contributed by atoms with van der Waals surface area (Å²) in [7, 11) is 0. The van der Waals surface area contributed by atoms with Crippen LogP contribution in [0.25, 0.3) is 0 Å². The molecule has 1 amide bonds. The van der Waals surface area contributed by atoms with Crippen LogP contribution < -0.4 is 5.32 Å². The minimum absolute atomic E-state index is 0.181. The van der Waals surface area contributed by atoms with Gasteiger partial charge < -0.3 is 5.32 Å². The molecular weight excluding hydrogens is 350 g/mol. The molecule has 1 saturated heterocycles. The van der Waals surface area contributed by atoms with E-state index >= 15 is 0 Å². The highest BCUT2D eigenvalue weighted by Gasteiger charge is 2.17. The van der Waals surface area contributed by atoms with Gasteiger partial charge in [0, 0.05) is 51.2 Å². The zero-order valence-corrected chi connectivity index (χ0v) is 15.8. The van der Waals surface area contributed by atoms with Gasteiger partial charge in [0.1, 0.15) is 5.69 Å². The van der Waals surface area contributed by atoms with Gasteiger partial charge in [-0.05, 0) is 29.3 Å². The van der Waals surface area contributed by atoms with Crippen molar-refractivity contribution in [2.75, 3.05) is 31.5 Å². The van der Waals surface area contributed by atoms with Crippen LogP contribution in [0.2, 0.25) is 0 Å². The van der Waals surface area contributed by atoms with E-state index in [0.29, 0.717) is 5.69 Å². The van der Waals surface area contributed by atoms with Gasteiger partial charge in [-0.25, -0.2) is 0 Å². The van der Waals surface area contributed by atoms with E-state index in [1.807, 2.05) is 12.1 Å². The minimum Gasteiger partial charge on any atom is -0.321 e. The molecule has 144 valence electrons. The highest BCUT2D eigenvalue weighted by Crippen LogP contribution is 2.15. The molecule has 1 fully saturated rings. The van der Waals surface area contributed by atoms with Crippen LogP contribution in [0, 0.1) is 0 Å². The Bertz CT molecular complexity index is 869. The summed E-state index contributed by atoms with van der Waals surface area (Å²) in [5, 5.41) is 9.34. The maximum absolute atomic E-state index is 12.0. The quantitative estimate of drug-likeness (QED) is 0.695. The maximum Gasteiger partial charge on any atom is 0.273 e. The number of nitrogens with zero attached hydrogens (tertiary/aromatic N) is 3. The average molecular weight is 375 g/mol. The lowest BCUT2D eigenvalue weighted by Crippen LogP contribution is -2.45.